The maximum absolute atomic E-state index is 12.3. The minimum absolute atomic E-state index is 0.389. The second kappa shape index (κ2) is 7.69. The van der Waals surface area contributed by atoms with Gasteiger partial charge in [-0.15, -0.1) is 0 Å². The number of hydrogen-bond acceptors (Lipinski definition) is 6. The third-order valence-electron chi connectivity index (χ3n) is 3.54. The van der Waals surface area contributed by atoms with Crippen LogP contribution < -0.4 is 25.0 Å². The molecule has 2 rings (SSSR count). The van der Waals surface area contributed by atoms with Gasteiger partial charge in [-0.25, -0.2) is 14.8 Å². The standard InChI is InChI=1S/C17H23N5O3/c1-10-15(11(2)19-16(18-10)22(3)4)21-17(23)20-12-7-8-13(24-5)14(9-12)25-6/h7-9H,1-6H3,(H2,20,21,23). The second-order valence-electron chi connectivity index (χ2n) is 5.61. The van der Waals surface area contributed by atoms with Gasteiger partial charge in [-0.1, -0.05) is 0 Å². The Labute approximate surface area is 147 Å². The molecular weight excluding hydrogens is 322 g/mol. The van der Waals surface area contributed by atoms with Gasteiger partial charge in [0, 0.05) is 25.8 Å². The predicted octanol–water partition coefficient (Wildman–Crippen LogP) is 2.82. The summed E-state index contributed by atoms with van der Waals surface area (Å²) in [6.07, 6.45) is 0. The smallest absolute Gasteiger partial charge is 0.323 e. The van der Waals surface area contributed by atoms with E-state index in [9.17, 15) is 4.79 Å². The third kappa shape index (κ3) is 4.28. The molecule has 0 radical (unpaired) electrons. The molecule has 134 valence electrons. The molecule has 0 aliphatic carbocycles. The average molecular weight is 345 g/mol. The summed E-state index contributed by atoms with van der Waals surface area (Å²) >= 11 is 0. The molecule has 1 aromatic carbocycles. The number of ether oxygens (including phenoxy) is 2. The van der Waals surface area contributed by atoms with Crippen molar-refractivity contribution in [2.75, 3.05) is 43.8 Å². The van der Waals surface area contributed by atoms with E-state index in [0.717, 1.165) is 0 Å². The van der Waals surface area contributed by atoms with Gasteiger partial charge in [0.2, 0.25) is 5.95 Å². The summed E-state index contributed by atoms with van der Waals surface area (Å²) in [5.41, 5.74) is 2.55. The number of nitrogens with one attached hydrogen (secondary N) is 2. The molecule has 1 aromatic heterocycles. The van der Waals surface area contributed by atoms with Crippen molar-refractivity contribution < 1.29 is 14.3 Å². The van der Waals surface area contributed by atoms with Crippen LogP contribution in [-0.4, -0.2) is 44.3 Å². The molecule has 0 unspecified atom stereocenters. The first-order valence-electron chi connectivity index (χ1n) is 7.68. The van der Waals surface area contributed by atoms with Crippen LogP contribution in [0.5, 0.6) is 11.5 Å². The summed E-state index contributed by atoms with van der Waals surface area (Å²) < 4.78 is 10.4. The number of rotatable bonds is 5. The molecule has 0 fully saturated rings. The van der Waals surface area contributed by atoms with Gasteiger partial charge in [-0.2, -0.15) is 0 Å². The topological polar surface area (TPSA) is 88.6 Å². The zero-order chi connectivity index (χ0) is 18.6. The molecule has 8 heteroatoms. The number of carbonyl (C=O) groups is 1. The SMILES string of the molecule is COc1ccc(NC(=O)Nc2c(C)nc(N(C)C)nc2C)cc1OC. The number of anilines is 3. The highest BCUT2D eigenvalue weighted by Gasteiger charge is 2.13. The van der Waals surface area contributed by atoms with Crippen molar-refractivity contribution in [1.29, 1.82) is 0 Å². The van der Waals surface area contributed by atoms with E-state index in [1.54, 1.807) is 25.3 Å². The number of amides is 2. The highest BCUT2D eigenvalue weighted by Crippen LogP contribution is 2.30. The molecule has 25 heavy (non-hydrogen) atoms. The molecule has 0 aliphatic heterocycles. The molecule has 2 N–H and O–H groups in total. The molecule has 2 aromatic rings. The first-order chi connectivity index (χ1) is 11.8. The number of nitrogens with zero attached hydrogens (tertiary/aromatic N) is 3. The lowest BCUT2D eigenvalue weighted by atomic mass is 10.2. The maximum atomic E-state index is 12.3. The van der Waals surface area contributed by atoms with E-state index >= 15 is 0 Å². The Morgan fingerprint density at radius 3 is 2.12 bits per heavy atom. The van der Waals surface area contributed by atoms with Crippen molar-refractivity contribution in [3.8, 4) is 11.5 Å². The summed E-state index contributed by atoms with van der Waals surface area (Å²) in [5, 5.41) is 5.55. The number of urea groups is 1. The van der Waals surface area contributed by atoms with Gasteiger partial charge in [0.25, 0.3) is 0 Å². The molecule has 0 spiro atoms. The van der Waals surface area contributed by atoms with Crippen LogP contribution in [0.3, 0.4) is 0 Å². The van der Waals surface area contributed by atoms with E-state index in [1.807, 2.05) is 32.8 Å². The summed E-state index contributed by atoms with van der Waals surface area (Å²) in [4.78, 5) is 22.9. The van der Waals surface area contributed by atoms with Crippen molar-refractivity contribution in [3.05, 3.63) is 29.6 Å². The number of methoxy groups -OCH3 is 2. The summed E-state index contributed by atoms with van der Waals surface area (Å²) in [6, 6.07) is 4.75. The van der Waals surface area contributed by atoms with E-state index in [-0.39, 0.29) is 6.03 Å². The number of carbonyl (C=O) groups excluding carboxylic acids is 1. The summed E-state index contributed by atoms with van der Waals surface area (Å²) in [7, 11) is 6.83. The third-order valence-corrected chi connectivity index (χ3v) is 3.54. The van der Waals surface area contributed by atoms with Crippen LogP contribution in [0.4, 0.5) is 22.1 Å². The molecule has 0 saturated carbocycles. The lowest BCUT2D eigenvalue weighted by molar-refractivity contribution is 0.262. The molecule has 1 heterocycles. The van der Waals surface area contributed by atoms with Gasteiger partial charge < -0.3 is 25.0 Å². The van der Waals surface area contributed by atoms with Crippen LogP contribution in [0.1, 0.15) is 11.4 Å². The van der Waals surface area contributed by atoms with Gasteiger partial charge in [-0.05, 0) is 26.0 Å². The van der Waals surface area contributed by atoms with E-state index in [2.05, 4.69) is 20.6 Å². The van der Waals surface area contributed by atoms with Crippen molar-refractivity contribution >= 4 is 23.4 Å². The molecule has 0 atom stereocenters. The van der Waals surface area contributed by atoms with Crippen LogP contribution in [0.15, 0.2) is 18.2 Å². The van der Waals surface area contributed by atoms with Gasteiger partial charge in [0.1, 0.15) is 0 Å². The fraction of sp³-hybridized carbons (Fsp3) is 0.353. The zero-order valence-electron chi connectivity index (χ0n) is 15.3. The highest BCUT2D eigenvalue weighted by atomic mass is 16.5. The number of benzene rings is 1. The van der Waals surface area contributed by atoms with Crippen molar-refractivity contribution in [2.24, 2.45) is 0 Å². The summed E-state index contributed by atoms with van der Waals surface area (Å²) in [6.45, 7) is 3.65. The van der Waals surface area contributed by atoms with Gasteiger partial charge >= 0.3 is 6.03 Å². The normalized spacial score (nSPS) is 10.2. The van der Waals surface area contributed by atoms with E-state index in [4.69, 9.17) is 9.47 Å². The number of aryl methyl sites for hydroxylation is 2. The zero-order valence-corrected chi connectivity index (χ0v) is 15.3. The quantitative estimate of drug-likeness (QED) is 0.866. The molecule has 8 nitrogen and oxygen atoms in total. The van der Waals surface area contributed by atoms with Crippen LogP contribution in [0, 0.1) is 13.8 Å². The maximum Gasteiger partial charge on any atom is 0.323 e. The molecule has 2 amide bonds. The Bertz CT molecular complexity index is 754. The monoisotopic (exact) mass is 345 g/mol. The number of aromatic nitrogens is 2. The average Bonchev–Trinajstić information content (AvgIpc) is 2.57. The Morgan fingerprint density at radius 1 is 1.00 bits per heavy atom. The van der Waals surface area contributed by atoms with Crippen molar-refractivity contribution in [2.45, 2.75) is 13.8 Å². The highest BCUT2D eigenvalue weighted by molar-refractivity contribution is 6.00. The Morgan fingerprint density at radius 2 is 1.60 bits per heavy atom. The summed E-state index contributed by atoms with van der Waals surface area (Å²) in [5.74, 6) is 1.72. The van der Waals surface area contributed by atoms with Crippen LogP contribution in [0.2, 0.25) is 0 Å². The van der Waals surface area contributed by atoms with Crippen molar-refractivity contribution in [3.63, 3.8) is 0 Å². The first kappa shape index (κ1) is 18.3. The van der Waals surface area contributed by atoms with E-state index in [0.29, 0.717) is 40.2 Å². The van der Waals surface area contributed by atoms with E-state index in [1.165, 1.54) is 7.11 Å². The molecule has 0 bridgehead atoms. The van der Waals surface area contributed by atoms with Gasteiger partial charge in [-0.3, -0.25) is 0 Å². The second-order valence-corrected chi connectivity index (χ2v) is 5.61. The fourth-order valence-corrected chi connectivity index (χ4v) is 2.27. The van der Waals surface area contributed by atoms with E-state index < -0.39 is 0 Å². The van der Waals surface area contributed by atoms with Gasteiger partial charge in [0.05, 0.1) is 31.3 Å². The predicted molar refractivity (Wildman–Crippen MR) is 98.0 cm³/mol. The van der Waals surface area contributed by atoms with Crippen LogP contribution in [-0.2, 0) is 0 Å². The lowest BCUT2D eigenvalue weighted by Gasteiger charge is -2.16. The van der Waals surface area contributed by atoms with Crippen LogP contribution >= 0.6 is 0 Å². The minimum atomic E-state index is -0.389. The molecule has 0 saturated heterocycles. The minimum Gasteiger partial charge on any atom is -0.493 e. The Balaban J connectivity index is 2.15. The van der Waals surface area contributed by atoms with Crippen molar-refractivity contribution in [1.82, 2.24) is 9.97 Å². The Hall–Kier alpha value is -3.03. The lowest BCUT2D eigenvalue weighted by Crippen LogP contribution is -2.22. The molecular formula is C17H23N5O3. The number of hydrogen-bond donors (Lipinski definition) is 2. The Kier molecular flexibility index (Phi) is 5.63. The van der Waals surface area contributed by atoms with Crippen LogP contribution in [0.25, 0.3) is 0 Å². The first-order valence-corrected chi connectivity index (χ1v) is 7.68. The largest absolute Gasteiger partial charge is 0.493 e. The van der Waals surface area contributed by atoms with Gasteiger partial charge in [0.15, 0.2) is 11.5 Å². The molecule has 0 aliphatic rings. The fourth-order valence-electron chi connectivity index (χ4n) is 2.27.